The molecule has 0 saturated carbocycles. The molecule has 6 nitrogen and oxygen atoms in total. The minimum Gasteiger partial charge on any atom is -0.490 e. The first-order valence-electron chi connectivity index (χ1n) is 11.1. The molecular weight excluding hydrogens is 423 g/mol. The molecule has 0 aliphatic carbocycles. The first-order valence-corrected chi connectivity index (χ1v) is 11.1. The number of halogens is 1. The molecule has 7 heteroatoms. The Labute approximate surface area is 191 Å². The smallest absolute Gasteiger partial charge is 0.255 e. The number of aromatic nitrogens is 1. The van der Waals surface area contributed by atoms with Crippen LogP contribution in [-0.2, 0) is 12.8 Å². The standard InChI is InChI=1S/C26H27FN2O4/c1-6-19-23(20(7-2)33-29-19)17-12-22-18(13-21(17)31-14(3)4)24(26(30)28-5)25(32-22)15-8-10-16(27)11-9-15/h8-14H,6-7H2,1-5H3,(H,28,30). The zero-order chi connectivity index (χ0) is 23.7. The Kier molecular flexibility index (Phi) is 6.22. The molecular formula is C26H27FN2O4. The Morgan fingerprint density at radius 3 is 2.48 bits per heavy atom. The summed E-state index contributed by atoms with van der Waals surface area (Å²) in [5, 5.41) is 7.53. The molecule has 2 aromatic heterocycles. The van der Waals surface area contributed by atoms with Crippen molar-refractivity contribution in [3.8, 4) is 28.2 Å². The Morgan fingerprint density at radius 1 is 1.15 bits per heavy atom. The average molecular weight is 451 g/mol. The van der Waals surface area contributed by atoms with Gasteiger partial charge in [0.2, 0.25) is 0 Å². The van der Waals surface area contributed by atoms with Gasteiger partial charge >= 0.3 is 0 Å². The van der Waals surface area contributed by atoms with Crippen LogP contribution in [0.5, 0.6) is 5.75 Å². The predicted molar refractivity (Wildman–Crippen MR) is 125 cm³/mol. The van der Waals surface area contributed by atoms with E-state index in [9.17, 15) is 9.18 Å². The number of hydrogen-bond donors (Lipinski definition) is 1. The van der Waals surface area contributed by atoms with Crippen LogP contribution in [0.15, 0.2) is 45.3 Å². The second kappa shape index (κ2) is 9.10. The van der Waals surface area contributed by atoms with E-state index in [0.29, 0.717) is 46.4 Å². The van der Waals surface area contributed by atoms with Gasteiger partial charge in [-0.2, -0.15) is 0 Å². The largest absolute Gasteiger partial charge is 0.490 e. The number of furan rings is 1. The molecule has 2 aromatic carbocycles. The molecule has 0 radical (unpaired) electrons. The number of nitrogens with zero attached hydrogens (tertiary/aromatic N) is 1. The topological polar surface area (TPSA) is 77.5 Å². The maximum Gasteiger partial charge on any atom is 0.255 e. The van der Waals surface area contributed by atoms with Gasteiger partial charge in [-0.15, -0.1) is 0 Å². The van der Waals surface area contributed by atoms with Gasteiger partial charge in [-0.1, -0.05) is 19.0 Å². The van der Waals surface area contributed by atoms with Crippen LogP contribution < -0.4 is 10.1 Å². The van der Waals surface area contributed by atoms with Crippen molar-refractivity contribution >= 4 is 16.9 Å². The first kappa shape index (κ1) is 22.6. The number of carbonyl (C=O) groups is 1. The predicted octanol–water partition coefficient (Wildman–Crippen LogP) is 6.17. The van der Waals surface area contributed by atoms with Crippen LogP contribution in [0.4, 0.5) is 4.39 Å². The summed E-state index contributed by atoms with van der Waals surface area (Å²) >= 11 is 0. The first-order chi connectivity index (χ1) is 15.9. The molecule has 1 amide bonds. The summed E-state index contributed by atoms with van der Waals surface area (Å²) < 4.78 is 31.5. The van der Waals surface area contributed by atoms with Crippen LogP contribution in [0.25, 0.3) is 33.4 Å². The molecule has 172 valence electrons. The number of fused-ring (bicyclic) bond motifs is 1. The maximum atomic E-state index is 13.5. The molecule has 0 aliphatic heterocycles. The number of amides is 1. The number of carbonyl (C=O) groups excluding carboxylic acids is 1. The second-order valence-electron chi connectivity index (χ2n) is 8.04. The van der Waals surface area contributed by atoms with Gasteiger partial charge in [0.1, 0.15) is 28.7 Å². The fraction of sp³-hybridized carbons (Fsp3) is 0.308. The number of hydrogen-bond acceptors (Lipinski definition) is 5. The van der Waals surface area contributed by atoms with Gasteiger partial charge in [-0.25, -0.2) is 4.39 Å². The number of rotatable bonds is 7. The molecule has 0 aliphatic rings. The molecule has 0 atom stereocenters. The second-order valence-corrected chi connectivity index (χ2v) is 8.04. The number of ether oxygens (including phenoxy) is 1. The minimum absolute atomic E-state index is 0.0943. The zero-order valence-electron chi connectivity index (χ0n) is 19.4. The van der Waals surface area contributed by atoms with Crippen molar-refractivity contribution in [1.82, 2.24) is 10.5 Å². The van der Waals surface area contributed by atoms with Gasteiger partial charge in [-0.05, 0) is 56.7 Å². The van der Waals surface area contributed by atoms with Crippen molar-refractivity contribution in [2.75, 3.05) is 7.05 Å². The number of aryl methyl sites for hydroxylation is 2. The molecule has 4 rings (SSSR count). The van der Waals surface area contributed by atoms with Gasteiger partial charge in [0.05, 0.1) is 22.9 Å². The quantitative estimate of drug-likeness (QED) is 0.365. The SMILES string of the molecule is CCc1noc(CC)c1-c1cc2oc(-c3ccc(F)cc3)c(C(=O)NC)c2cc1OC(C)C. The van der Waals surface area contributed by atoms with E-state index >= 15 is 0 Å². The highest BCUT2D eigenvalue weighted by atomic mass is 19.1. The summed E-state index contributed by atoms with van der Waals surface area (Å²) in [7, 11) is 1.56. The van der Waals surface area contributed by atoms with E-state index in [1.54, 1.807) is 19.2 Å². The van der Waals surface area contributed by atoms with Gasteiger partial charge in [-0.3, -0.25) is 4.79 Å². The number of benzene rings is 2. The molecule has 0 saturated heterocycles. The summed E-state index contributed by atoms with van der Waals surface area (Å²) in [6.07, 6.45) is 1.27. The Balaban J connectivity index is 2.04. The summed E-state index contributed by atoms with van der Waals surface area (Å²) in [5.74, 6) is 1.08. The zero-order valence-corrected chi connectivity index (χ0v) is 19.4. The van der Waals surface area contributed by atoms with Crippen LogP contribution in [0.2, 0.25) is 0 Å². The highest BCUT2D eigenvalue weighted by Crippen LogP contribution is 2.43. The lowest BCUT2D eigenvalue weighted by Crippen LogP contribution is -2.18. The lowest BCUT2D eigenvalue weighted by molar-refractivity contribution is 0.0964. The molecule has 4 aromatic rings. The average Bonchev–Trinajstić information content (AvgIpc) is 3.38. The van der Waals surface area contributed by atoms with Crippen LogP contribution >= 0.6 is 0 Å². The van der Waals surface area contributed by atoms with E-state index in [0.717, 1.165) is 22.6 Å². The van der Waals surface area contributed by atoms with Crippen molar-refractivity contribution in [1.29, 1.82) is 0 Å². The summed E-state index contributed by atoms with van der Waals surface area (Å²) in [5.41, 5.74) is 4.01. The third-order valence-electron chi connectivity index (χ3n) is 5.47. The van der Waals surface area contributed by atoms with Crippen molar-refractivity contribution in [2.45, 2.75) is 46.6 Å². The van der Waals surface area contributed by atoms with E-state index < -0.39 is 0 Å². The van der Waals surface area contributed by atoms with Crippen molar-refractivity contribution in [3.05, 3.63) is 59.2 Å². The summed E-state index contributed by atoms with van der Waals surface area (Å²) in [4.78, 5) is 12.9. The number of nitrogens with one attached hydrogen (secondary N) is 1. The Morgan fingerprint density at radius 2 is 1.88 bits per heavy atom. The van der Waals surface area contributed by atoms with Crippen LogP contribution in [0.1, 0.15) is 49.5 Å². The minimum atomic E-state index is -0.363. The van der Waals surface area contributed by atoms with Crippen molar-refractivity contribution < 1.29 is 22.9 Å². The summed E-state index contributed by atoms with van der Waals surface area (Å²) in [6.45, 7) is 7.92. The van der Waals surface area contributed by atoms with Crippen molar-refractivity contribution in [3.63, 3.8) is 0 Å². The van der Waals surface area contributed by atoms with Crippen LogP contribution in [0, 0.1) is 5.82 Å². The normalized spacial score (nSPS) is 11.4. The van der Waals surface area contributed by atoms with Crippen molar-refractivity contribution in [2.24, 2.45) is 0 Å². The Bertz CT molecular complexity index is 1280. The lowest BCUT2D eigenvalue weighted by Gasteiger charge is -2.15. The van der Waals surface area contributed by atoms with E-state index in [1.165, 1.54) is 12.1 Å². The maximum absolute atomic E-state index is 13.5. The monoisotopic (exact) mass is 450 g/mol. The van der Waals surface area contributed by atoms with Crippen LogP contribution in [-0.4, -0.2) is 24.2 Å². The van der Waals surface area contributed by atoms with Crippen LogP contribution in [0.3, 0.4) is 0 Å². The fourth-order valence-corrected chi connectivity index (χ4v) is 3.98. The third-order valence-corrected chi connectivity index (χ3v) is 5.47. The Hall–Kier alpha value is -3.61. The highest BCUT2D eigenvalue weighted by Gasteiger charge is 2.26. The van der Waals surface area contributed by atoms with E-state index in [-0.39, 0.29) is 17.8 Å². The van der Waals surface area contributed by atoms with E-state index in [2.05, 4.69) is 10.5 Å². The molecule has 0 unspecified atom stereocenters. The third kappa shape index (κ3) is 4.11. The van der Waals surface area contributed by atoms with Gasteiger partial charge < -0.3 is 19.0 Å². The molecule has 1 N–H and O–H groups in total. The van der Waals surface area contributed by atoms with Gasteiger partial charge in [0, 0.05) is 30.0 Å². The fourth-order valence-electron chi connectivity index (χ4n) is 3.98. The van der Waals surface area contributed by atoms with Gasteiger partial charge in [0.15, 0.2) is 0 Å². The molecule has 0 bridgehead atoms. The molecule has 2 heterocycles. The van der Waals surface area contributed by atoms with E-state index in [1.807, 2.05) is 39.8 Å². The lowest BCUT2D eigenvalue weighted by atomic mass is 9.97. The molecule has 0 spiro atoms. The molecule has 0 fully saturated rings. The van der Waals surface area contributed by atoms with Gasteiger partial charge in [0.25, 0.3) is 5.91 Å². The van der Waals surface area contributed by atoms with E-state index in [4.69, 9.17) is 13.7 Å². The summed E-state index contributed by atoms with van der Waals surface area (Å²) in [6, 6.07) is 9.57. The molecule has 33 heavy (non-hydrogen) atoms. The highest BCUT2D eigenvalue weighted by molar-refractivity contribution is 6.12.